The standard InChI is InChI=1S/C11H11F2IO2/c1-3-7-9(14)5-4-8(6(2)15)10(7)16-11(12)13/h4-5,11H,3H2,1-2H3. The Hall–Kier alpha value is -0.720. The van der Waals surface area contributed by atoms with E-state index in [4.69, 9.17) is 0 Å². The van der Waals surface area contributed by atoms with Crippen molar-refractivity contribution >= 4 is 28.4 Å². The number of alkyl halides is 2. The average Bonchev–Trinajstić information content (AvgIpc) is 2.16. The van der Waals surface area contributed by atoms with E-state index >= 15 is 0 Å². The van der Waals surface area contributed by atoms with Gasteiger partial charge in [-0.25, -0.2) is 0 Å². The van der Waals surface area contributed by atoms with Crippen molar-refractivity contribution in [2.24, 2.45) is 0 Å². The van der Waals surface area contributed by atoms with Gasteiger partial charge in [0.25, 0.3) is 0 Å². The van der Waals surface area contributed by atoms with Gasteiger partial charge in [-0.05, 0) is 48.1 Å². The summed E-state index contributed by atoms with van der Waals surface area (Å²) in [6.07, 6.45) is 0.543. The van der Waals surface area contributed by atoms with E-state index < -0.39 is 6.61 Å². The second kappa shape index (κ2) is 5.56. The number of carbonyl (C=O) groups excluding carboxylic acids is 1. The minimum absolute atomic E-state index is 0.0110. The Morgan fingerprint density at radius 2 is 2.12 bits per heavy atom. The molecule has 2 nitrogen and oxygen atoms in total. The molecule has 0 atom stereocenters. The molecule has 88 valence electrons. The molecule has 0 radical (unpaired) electrons. The Morgan fingerprint density at radius 3 is 2.56 bits per heavy atom. The van der Waals surface area contributed by atoms with E-state index in [1.807, 2.05) is 29.5 Å². The zero-order valence-electron chi connectivity index (χ0n) is 8.89. The second-order valence-electron chi connectivity index (χ2n) is 3.19. The molecular weight excluding hydrogens is 329 g/mol. The first-order chi connectivity index (χ1) is 7.47. The number of benzene rings is 1. The monoisotopic (exact) mass is 340 g/mol. The molecule has 0 aliphatic rings. The number of hydrogen-bond donors (Lipinski definition) is 0. The lowest BCUT2D eigenvalue weighted by Gasteiger charge is -2.14. The van der Waals surface area contributed by atoms with E-state index in [-0.39, 0.29) is 17.1 Å². The highest BCUT2D eigenvalue weighted by molar-refractivity contribution is 14.1. The molecule has 1 aromatic carbocycles. The lowest BCUT2D eigenvalue weighted by molar-refractivity contribution is -0.0507. The Labute approximate surface area is 106 Å². The van der Waals surface area contributed by atoms with Crippen molar-refractivity contribution in [3.05, 3.63) is 26.8 Å². The molecule has 5 heteroatoms. The topological polar surface area (TPSA) is 26.3 Å². The van der Waals surface area contributed by atoms with Gasteiger partial charge in [-0.1, -0.05) is 6.92 Å². The molecule has 0 unspecified atom stereocenters. The molecule has 0 saturated heterocycles. The molecule has 0 fully saturated rings. The van der Waals surface area contributed by atoms with Crippen LogP contribution in [-0.2, 0) is 6.42 Å². The van der Waals surface area contributed by atoms with Gasteiger partial charge in [0.05, 0.1) is 5.56 Å². The summed E-state index contributed by atoms with van der Waals surface area (Å²) in [5, 5.41) is 0. The predicted octanol–water partition coefficient (Wildman–Crippen LogP) is 3.66. The van der Waals surface area contributed by atoms with Crippen LogP contribution in [0.4, 0.5) is 8.78 Å². The quantitative estimate of drug-likeness (QED) is 0.618. The molecular formula is C11H11F2IO2. The number of ketones is 1. The summed E-state index contributed by atoms with van der Waals surface area (Å²) in [5.41, 5.74) is 0.853. The maximum Gasteiger partial charge on any atom is 0.387 e. The molecule has 0 aliphatic carbocycles. The van der Waals surface area contributed by atoms with Crippen LogP contribution in [0.1, 0.15) is 29.8 Å². The second-order valence-corrected chi connectivity index (χ2v) is 4.35. The third-order valence-electron chi connectivity index (χ3n) is 2.14. The lowest BCUT2D eigenvalue weighted by atomic mass is 10.0. The highest BCUT2D eigenvalue weighted by atomic mass is 127. The van der Waals surface area contributed by atoms with Crippen LogP contribution in [0.2, 0.25) is 0 Å². The third-order valence-corrected chi connectivity index (χ3v) is 3.15. The van der Waals surface area contributed by atoms with Gasteiger partial charge >= 0.3 is 6.61 Å². The molecule has 0 N–H and O–H groups in total. The zero-order chi connectivity index (χ0) is 12.3. The number of halogens is 3. The predicted molar refractivity (Wildman–Crippen MR) is 65.2 cm³/mol. The van der Waals surface area contributed by atoms with Gasteiger partial charge < -0.3 is 4.74 Å². The van der Waals surface area contributed by atoms with Crippen molar-refractivity contribution in [3.8, 4) is 5.75 Å². The molecule has 0 aliphatic heterocycles. The maximum atomic E-state index is 12.3. The van der Waals surface area contributed by atoms with Crippen LogP contribution < -0.4 is 4.74 Å². The fourth-order valence-corrected chi connectivity index (χ4v) is 2.24. The Kier molecular flexibility index (Phi) is 4.64. The lowest BCUT2D eigenvalue weighted by Crippen LogP contribution is -2.10. The summed E-state index contributed by atoms with van der Waals surface area (Å²) >= 11 is 2.04. The summed E-state index contributed by atoms with van der Waals surface area (Å²) in [5.74, 6) is -0.265. The van der Waals surface area contributed by atoms with Crippen molar-refractivity contribution in [1.82, 2.24) is 0 Å². The summed E-state index contributed by atoms with van der Waals surface area (Å²) in [7, 11) is 0. The highest BCUT2D eigenvalue weighted by Crippen LogP contribution is 2.30. The van der Waals surface area contributed by atoms with E-state index in [2.05, 4.69) is 4.74 Å². The Morgan fingerprint density at radius 1 is 1.50 bits per heavy atom. The SMILES string of the molecule is CCc1c(I)ccc(C(C)=O)c1OC(F)F. The number of rotatable bonds is 4. The largest absolute Gasteiger partial charge is 0.434 e. The van der Waals surface area contributed by atoms with E-state index in [0.29, 0.717) is 12.0 Å². The van der Waals surface area contributed by atoms with Gasteiger partial charge in [0, 0.05) is 9.13 Å². The smallest absolute Gasteiger partial charge is 0.387 e. The summed E-state index contributed by atoms with van der Waals surface area (Å²) in [6.45, 7) is 0.251. The summed E-state index contributed by atoms with van der Waals surface area (Å²) < 4.78 is 29.8. The van der Waals surface area contributed by atoms with Crippen LogP contribution in [0.3, 0.4) is 0 Å². The van der Waals surface area contributed by atoms with E-state index in [1.54, 1.807) is 6.07 Å². The van der Waals surface area contributed by atoms with Gasteiger partial charge in [0.1, 0.15) is 5.75 Å². The number of Topliss-reactive ketones (excluding diaryl/α,β-unsaturated/α-hetero) is 1. The third kappa shape index (κ3) is 2.90. The minimum Gasteiger partial charge on any atom is -0.434 e. The number of carbonyl (C=O) groups is 1. The summed E-state index contributed by atoms with van der Waals surface area (Å²) in [6, 6.07) is 3.25. The fourth-order valence-electron chi connectivity index (χ4n) is 1.43. The molecule has 0 amide bonds. The minimum atomic E-state index is -2.92. The van der Waals surface area contributed by atoms with Crippen molar-refractivity contribution in [1.29, 1.82) is 0 Å². The zero-order valence-corrected chi connectivity index (χ0v) is 11.0. The van der Waals surface area contributed by atoms with Crippen LogP contribution in [0.15, 0.2) is 12.1 Å². The van der Waals surface area contributed by atoms with Gasteiger partial charge in [0.2, 0.25) is 0 Å². The van der Waals surface area contributed by atoms with Crippen molar-refractivity contribution in [2.75, 3.05) is 0 Å². The van der Waals surface area contributed by atoms with Gasteiger partial charge in [-0.3, -0.25) is 4.79 Å². The van der Waals surface area contributed by atoms with E-state index in [0.717, 1.165) is 3.57 Å². The molecule has 0 aromatic heterocycles. The first-order valence-corrected chi connectivity index (χ1v) is 5.82. The Balaban J connectivity index is 3.34. The average molecular weight is 340 g/mol. The first kappa shape index (κ1) is 13.3. The van der Waals surface area contributed by atoms with Crippen LogP contribution in [0.5, 0.6) is 5.75 Å². The number of ether oxygens (including phenoxy) is 1. The van der Waals surface area contributed by atoms with Crippen molar-refractivity contribution in [2.45, 2.75) is 26.9 Å². The molecule has 0 saturated carbocycles. The van der Waals surface area contributed by atoms with Crippen molar-refractivity contribution in [3.63, 3.8) is 0 Å². The molecule has 16 heavy (non-hydrogen) atoms. The van der Waals surface area contributed by atoms with E-state index in [9.17, 15) is 13.6 Å². The van der Waals surface area contributed by atoms with Crippen LogP contribution in [0, 0.1) is 3.57 Å². The molecule has 1 rings (SSSR count). The first-order valence-electron chi connectivity index (χ1n) is 4.74. The van der Waals surface area contributed by atoms with Gasteiger partial charge in [0.15, 0.2) is 5.78 Å². The highest BCUT2D eigenvalue weighted by Gasteiger charge is 2.18. The number of hydrogen-bond acceptors (Lipinski definition) is 2. The fraction of sp³-hybridized carbons (Fsp3) is 0.364. The maximum absolute atomic E-state index is 12.3. The van der Waals surface area contributed by atoms with Crippen LogP contribution in [0.25, 0.3) is 0 Å². The van der Waals surface area contributed by atoms with Crippen LogP contribution in [-0.4, -0.2) is 12.4 Å². The summed E-state index contributed by atoms with van der Waals surface area (Å²) in [4.78, 5) is 11.3. The van der Waals surface area contributed by atoms with Crippen LogP contribution >= 0.6 is 22.6 Å². The molecule has 0 heterocycles. The van der Waals surface area contributed by atoms with Gasteiger partial charge in [-0.2, -0.15) is 8.78 Å². The molecule has 1 aromatic rings. The van der Waals surface area contributed by atoms with Crippen molar-refractivity contribution < 1.29 is 18.3 Å². The normalized spacial score (nSPS) is 10.6. The molecule has 0 bridgehead atoms. The molecule has 0 spiro atoms. The van der Waals surface area contributed by atoms with E-state index in [1.165, 1.54) is 13.0 Å². The Bertz CT molecular complexity index is 405. The van der Waals surface area contributed by atoms with Gasteiger partial charge in [-0.15, -0.1) is 0 Å².